The molecular formula is C16H26N2. The SMILES string of the molecule is CCCc1ccc(N2CCCNCC(C)C2)cc1. The summed E-state index contributed by atoms with van der Waals surface area (Å²) in [5.41, 5.74) is 2.85. The second kappa shape index (κ2) is 6.79. The highest BCUT2D eigenvalue weighted by Crippen LogP contribution is 2.18. The standard InChI is InChI=1S/C16H26N2/c1-3-5-15-6-8-16(9-7-15)18-11-4-10-17-12-14(2)13-18/h6-9,14,17H,3-5,10-13H2,1-2H3. The van der Waals surface area contributed by atoms with Crippen molar-refractivity contribution < 1.29 is 0 Å². The topological polar surface area (TPSA) is 15.3 Å². The summed E-state index contributed by atoms with van der Waals surface area (Å²) in [5.74, 6) is 0.723. The third kappa shape index (κ3) is 3.74. The first kappa shape index (κ1) is 13.4. The maximum absolute atomic E-state index is 3.51. The normalized spacial score (nSPS) is 21.4. The first-order valence-electron chi connectivity index (χ1n) is 7.34. The van der Waals surface area contributed by atoms with Gasteiger partial charge >= 0.3 is 0 Å². The van der Waals surface area contributed by atoms with Gasteiger partial charge in [-0.15, -0.1) is 0 Å². The third-order valence-corrected chi connectivity index (χ3v) is 3.65. The molecular weight excluding hydrogens is 220 g/mol. The van der Waals surface area contributed by atoms with E-state index in [0.717, 1.165) is 19.0 Å². The van der Waals surface area contributed by atoms with Crippen molar-refractivity contribution in [2.45, 2.75) is 33.1 Å². The number of aryl methyl sites for hydroxylation is 1. The molecule has 1 aliphatic rings. The average Bonchev–Trinajstić information content (AvgIpc) is 2.35. The molecule has 1 aliphatic heterocycles. The van der Waals surface area contributed by atoms with Crippen molar-refractivity contribution in [3.05, 3.63) is 29.8 Å². The molecule has 0 radical (unpaired) electrons. The maximum atomic E-state index is 3.51. The van der Waals surface area contributed by atoms with E-state index >= 15 is 0 Å². The summed E-state index contributed by atoms with van der Waals surface area (Å²) in [5, 5.41) is 3.51. The molecule has 1 saturated heterocycles. The Labute approximate surface area is 111 Å². The molecule has 1 heterocycles. The Bertz CT molecular complexity index is 345. The van der Waals surface area contributed by atoms with Crippen LogP contribution in [0.1, 0.15) is 32.3 Å². The minimum Gasteiger partial charge on any atom is -0.371 e. The lowest BCUT2D eigenvalue weighted by Gasteiger charge is -2.30. The fraction of sp³-hybridized carbons (Fsp3) is 0.625. The van der Waals surface area contributed by atoms with E-state index in [0.29, 0.717) is 0 Å². The van der Waals surface area contributed by atoms with Gasteiger partial charge in [0.25, 0.3) is 0 Å². The lowest BCUT2D eigenvalue weighted by Crippen LogP contribution is -2.38. The first-order valence-corrected chi connectivity index (χ1v) is 7.34. The molecule has 1 atom stereocenters. The summed E-state index contributed by atoms with van der Waals surface area (Å²) < 4.78 is 0. The Kier molecular flexibility index (Phi) is 5.06. The van der Waals surface area contributed by atoms with Crippen molar-refractivity contribution in [3.8, 4) is 0 Å². The van der Waals surface area contributed by atoms with Crippen molar-refractivity contribution >= 4 is 5.69 Å². The van der Waals surface area contributed by atoms with Crippen LogP contribution in [0.15, 0.2) is 24.3 Å². The van der Waals surface area contributed by atoms with E-state index in [2.05, 4.69) is 48.3 Å². The van der Waals surface area contributed by atoms with E-state index in [-0.39, 0.29) is 0 Å². The summed E-state index contributed by atoms with van der Waals surface area (Å²) >= 11 is 0. The highest BCUT2D eigenvalue weighted by Gasteiger charge is 2.13. The van der Waals surface area contributed by atoms with Gasteiger partial charge < -0.3 is 10.2 Å². The van der Waals surface area contributed by atoms with Gasteiger partial charge in [0.2, 0.25) is 0 Å². The van der Waals surface area contributed by atoms with Gasteiger partial charge in [0.05, 0.1) is 0 Å². The van der Waals surface area contributed by atoms with E-state index in [9.17, 15) is 0 Å². The number of hydrogen-bond acceptors (Lipinski definition) is 2. The minimum atomic E-state index is 0.723. The van der Waals surface area contributed by atoms with Crippen LogP contribution in [0, 0.1) is 5.92 Å². The maximum Gasteiger partial charge on any atom is 0.0366 e. The van der Waals surface area contributed by atoms with E-state index in [1.54, 1.807) is 0 Å². The Balaban J connectivity index is 2.03. The molecule has 100 valence electrons. The van der Waals surface area contributed by atoms with Crippen LogP contribution in [-0.4, -0.2) is 26.2 Å². The van der Waals surface area contributed by atoms with E-state index in [1.807, 2.05) is 0 Å². The lowest BCUT2D eigenvalue weighted by molar-refractivity contribution is 0.468. The summed E-state index contributed by atoms with van der Waals surface area (Å²) in [4.78, 5) is 2.54. The lowest BCUT2D eigenvalue weighted by atomic mass is 10.1. The van der Waals surface area contributed by atoms with Gasteiger partial charge in [-0.25, -0.2) is 0 Å². The van der Waals surface area contributed by atoms with Gasteiger partial charge in [0.15, 0.2) is 0 Å². The Hall–Kier alpha value is -1.02. The minimum absolute atomic E-state index is 0.723. The summed E-state index contributed by atoms with van der Waals surface area (Å²) in [6.45, 7) is 9.20. The van der Waals surface area contributed by atoms with E-state index in [4.69, 9.17) is 0 Å². The van der Waals surface area contributed by atoms with Crippen molar-refractivity contribution in [1.82, 2.24) is 5.32 Å². The van der Waals surface area contributed by atoms with E-state index < -0.39 is 0 Å². The zero-order valence-electron chi connectivity index (χ0n) is 11.8. The van der Waals surface area contributed by atoms with Crippen LogP contribution >= 0.6 is 0 Å². The molecule has 18 heavy (non-hydrogen) atoms. The summed E-state index contributed by atoms with van der Waals surface area (Å²) in [6, 6.07) is 9.18. The van der Waals surface area contributed by atoms with Gasteiger partial charge in [-0.05, 0) is 49.5 Å². The van der Waals surface area contributed by atoms with Crippen LogP contribution in [0.5, 0.6) is 0 Å². The Morgan fingerprint density at radius 1 is 1.28 bits per heavy atom. The number of hydrogen-bond donors (Lipinski definition) is 1. The van der Waals surface area contributed by atoms with Crippen LogP contribution in [-0.2, 0) is 6.42 Å². The zero-order valence-corrected chi connectivity index (χ0v) is 11.8. The molecule has 2 rings (SSSR count). The van der Waals surface area contributed by atoms with Crippen LogP contribution < -0.4 is 10.2 Å². The van der Waals surface area contributed by atoms with Crippen LogP contribution in [0.2, 0.25) is 0 Å². The van der Waals surface area contributed by atoms with Gasteiger partial charge in [-0.2, -0.15) is 0 Å². The molecule has 2 heteroatoms. The molecule has 1 fully saturated rings. The predicted octanol–water partition coefficient (Wildman–Crippen LogP) is 3.07. The molecule has 2 nitrogen and oxygen atoms in total. The molecule has 1 aromatic rings. The number of anilines is 1. The average molecular weight is 246 g/mol. The molecule has 0 aliphatic carbocycles. The summed E-state index contributed by atoms with van der Waals surface area (Å²) in [6.07, 6.45) is 3.66. The van der Waals surface area contributed by atoms with E-state index in [1.165, 1.54) is 43.6 Å². The third-order valence-electron chi connectivity index (χ3n) is 3.65. The monoisotopic (exact) mass is 246 g/mol. The molecule has 0 bridgehead atoms. The van der Waals surface area contributed by atoms with Crippen molar-refractivity contribution in [2.75, 3.05) is 31.1 Å². The predicted molar refractivity (Wildman–Crippen MR) is 79.3 cm³/mol. The molecule has 0 saturated carbocycles. The molecule has 0 spiro atoms. The van der Waals surface area contributed by atoms with Crippen LogP contribution in [0.4, 0.5) is 5.69 Å². The second-order valence-corrected chi connectivity index (χ2v) is 5.53. The fourth-order valence-electron chi connectivity index (χ4n) is 2.67. The van der Waals surface area contributed by atoms with Gasteiger partial charge in [0.1, 0.15) is 0 Å². The highest BCUT2D eigenvalue weighted by molar-refractivity contribution is 5.47. The first-order chi connectivity index (χ1) is 8.79. The van der Waals surface area contributed by atoms with Gasteiger partial charge in [-0.3, -0.25) is 0 Å². The molecule has 0 aromatic heterocycles. The number of rotatable bonds is 3. The quantitative estimate of drug-likeness (QED) is 0.881. The van der Waals surface area contributed by atoms with Crippen LogP contribution in [0.25, 0.3) is 0 Å². The number of benzene rings is 1. The molecule has 1 unspecified atom stereocenters. The Morgan fingerprint density at radius 2 is 2.06 bits per heavy atom. The van der Waals surface area contributed by atoms with Crippen molar-refractivity contribution in [1.29, 1.82) is 0 Å². The smallest absolute Gasteiger partial charge is 0.0366 e. The summed E-state index contributed by atoms with van der Waals surface area (Å²) in [7, 11) is 0. The highest BCUT2D eigenvalue weighted by atomic mass is 15.1. The zero-order chi connectivity index (χ0) is 12.8. The molecule has 1 aromatic carbocycles. The largest absolute Gasteiger partial charge is 0.371 e. The Morgan fingerprint density at radius 3 is 2.78 bits per heavy atom. The van der Waals surface area contributed by atoms with Gasteiger partial charge in [-0.1, -0.05) is 32.4 Å². The van der Waals surface area contributed by atoms with Crippen molar-refractivity contribution in [3.63, 3.8) is 0 Å². The fourth-order valence-corrected chi connectivity index (χ4v) is 2.67. The second-order valence-electron chi connectivity index (χ2n) is 5.53. The molecule has 1 N–H and O–H groups in total. The van der Waals surface area contributed by atoms with Gasteiger partial charge in [0, 0.05) is 18.8 Å². The van der Waals surface area contributed by atoms with Crippen LogP contribution in [0.3, 0.4) is 0 Å². The number of nitrogens with zero attached hydrogens (tertiary/aromatic N) is 1. The molecule has 0 amide bonds. The number of nitrogens with one attached hydrogen (secondary N) is 1. The van der Waals surface area contributed by atoms with Crippen molar-refractivity contribution in [2.24, 2.45) is 5.92 Å².